The van der Waals surface area contributed by atoms with Crippen molar-refractivity contribution in [3.63, 3.8) is 0 Å². The van der Waals surface area contributed by atoms with Crippen LogP contribution in [0.3, 0.4) is 0 Å². The number of pyridine rings is 1. The molecule has 0 unspecified atom stereocenters. The highest BCUT2D eigenvalue weighted by Crippen LogP contribution is 2.24. The molecule has 0 saturated heterocycles. The summed E-state index contributed by atoms with van der Waals surface area (Å²) in [6.07, 6.45) is 5.19. The number of allylic oxidation sites excluding steroid dienone is 1. The largest absolute Gasteiger partial charge is 0.472 e. The summed E-state index contributed by atoms with van der Waals surface area (Å²) in [5.74, 6) is 0.295. The maximum absolute atomic E-state index is 8.68. The standard InChI is InChI=1S/C10H9ClN2O/c1-2-3-6-14-10-9(11)8(7-12)4-5-13-10/h2-5H,6H2,1H3/b3-2+. The molecule has 1 aromatic heterocycles. The van der Waals surface area contributed by atoms with Gasteiger partial charge in [-0.1, -0.05) is 23.8 Å². The molecule has 0 bridgehead atoms. The molecule has 0 saturated carbocycles. The second-order valence-corrected chi connectivity index (χ2v) is 2.85. The number of nitrogens with zero attached hydrogens (tertiary/aromatic N) is 2. The van der Waals surface area contributed by atoms with E-state index in [0.29, 0.717) is 18.1 Å². The van der Waals surface area contributed by atoms with E-state index in [4.69, 9.17) is 21.6 Å². The van der Waals surface area contributed by atoms with Crippen molar-refractivity contribution < 1.29 is 4.74 Å². The Morgan fingerprint density at radius 3 is 3.14 bits per heavy atom. The summed E-state index contributed by atoms with van der Waals surface area (Å²) >= 11 is 5.85. The number of hydrogen-bond acceptors (Lipinski definition) is 3. The van der Waals surface area contributed by atoms with Crippen molar-refractivity contribution >= 4 is 11.6 Å². The molecule has 14 heavy (non-hydrogen) atoms. The monoisotopic (exact) mass is 208 g/mol. The Bertz CT molecular complexity index is 382. The Labute approximate surface area is 87.6 Å². The topological polar surface area (TPSA) is 45.9 Å². The second-order valence-electron chi connectivity index (χ2n) is 2.47. The van der Waals surface area contributed by atoms with Gasteiger partial charge in [0.25, 0.3) is 0 Å². The van der Waals surface area contributed by atoms with Gasteiger partial charge in [0.15, 0.2) is 0 Å². The van der Waals surface area contributed by atoms with Gasteiger partial charge in [0.2, 0.25) is 5.88 Å². The number of nitriles is 1. The van der Waals surface area contributed by atoms with Gasteiger partial charge in [-0.15, -0.1) is 0 Å². The Kier molecular flexibility index (Phi) is 3.96. The number of halogens is 1. The molecule has 0 atom stereocenters. The summed E-state index contributed by atoms with van der Waals surface area (Å²) in [4.78, 5) is 3.92. The Morgan fingerprint density at radius 1 is 1.71 bits per heavy atom. The van der Waals surface area contributed by atoms with Gasteiger partial charge in [0.1, 0.15) is 17.7 Å². The predicted octanol–water partition coefficient (Wildman–Crippen LogP) is 2.56. The zero-order chi connectivity index (χ0) is 10.4. The molecule has 1 heterocycles. The van der Waals surface area contributed by atoms with Crippen LogP contribution in [0.5, 0.6) is 5.88 Å². The number of aromatic nitrogens is 1. The SMILES string of the molecule is C/C=C/COc1nccc(C#N)c1Cl. The van der Waals surface area contributed by atoms with E-state index in [0.717, 1.165) is 0 Å². The van der Waals surface area contributed by atoms with E-state index in [1.54, 1.807) is 6.07 Å². The molecule has 1 aromatic rings. The third-order valence-corrected chi connectivity index (χ3v) is 1.89. The van der Waals surface area contributed by atoms with Gasteiger partial charge in [0.05, 0.1) is 5.56 Å². The normalized spacial score (nSPS) is 10.1. The molecule has 4 heteroatoms. The Hall–Kier alpha value is -1.53. The second kappa shape index (κ2) is 5.25. The minimum absolute atomic E-state index is 0.263. The van der Waals surface area contributed by atoms with Crippen LogP contribution >= 0.6 is 11.6 Å². The first-order valence-corrected chi connectivity index (χ1v) is 4.46. The predicted molar refractivity (Wildman–Crippen MR) is 54.3 cm³/mol. The summed E-state index contributed by atoms with van der Waals surface area (Å²) in [6.45, 7) is 2.29. The fourth-order valence-electron chi connectivity index (χ4n) is 0.835. The molecule has 0 fully saturated rings. The zero-order valence-corrected chi connectivity index (χ0v) is 8.45. The van der Waals surface area contributed by atoms with E-state index in [1.165, 1.54) is 6.20 Å². The molecule has 0 aliphatic rings. The third-order valence-electron chi connectivity index (χ3n) is 1.53. The van der Waals surface area contributed by atoms with Crippen molar-refractivity contribution in [1.29, 1.82) is 5.26 Å². The molecule has 72 valence electrons. The van der Waals surface area contributed by atoms with E-state index in [-0.39, 0.29) is 5.02 Å². The highest BCUT2D eigenvalue weighted by atomic mass is 35.5. The summed E-state index contributed by atoms with van der Waals surface area (Å²) in [5, 5.41) is 8.95. The lowest BCUT2D eigenvalue weighted by molar-refractivity contribution is 0.348. The fourth-order valence-corrected chi connectivity index (χ4v) is 1.04. The molecule has 1 rings (SSSR count). The molecule has 0 aromatic carbocycles. The van der Waals surface area contributed by atoms with Crippen LogP contribution in [-0.4, -0.2) is 11.6 Å². The van der Waals surface area contributed by atoms with Crippen molar-refractivity contribution in [1.82, 2.24) is 4.98 Å². The van der Waals surface area contributed by atoms with Crippen LogP contribution in [0.1, 0.15) is 12.5 Å². The molecule has 0 radical (unpaired) electrons. The molecular formula is C10H9ClN2O. The first-order chi connectivity index (χ1) is 6.79. The first kappa shape index (κ1) is 10.6. The van der Waals surface area contributed by atoms with Crippen LogP contribution < -0.4 is 4.74 Å². The van der Waals surface area contributed by atoms with E-state index < -0.39 is 0 Å². The van der Waals surface area contributed by atoms with E-state index in [1.807, 2.05) is 25.1 Å². The molecule has 0 N–H and O–H groups in total. The Morgan fingerprint density at radius 2 is 2.50 bits per heavy atom. The lowest BCUT2D eigenvalue weighted by atomic mass is 10.3. The van der Waals surface area contributed by atoms with Crippen molar-refractivity contribution in [3.8, 4) is 11.9 Å². The lowest BCUT2D eigenvalue weighted by Gasteiger charge is -2.04. The van der Waals surface area contributed by atoms with Gasteiger partial charge in [-0.05, 0) is 13.0 Å². The first-order valence-electron chi connectivity index (χ1n) is 4.08. The average molecular weight is 209 g/mol. The molecular weight excluding hydrogens is 200 g/mol. The maximum Gasteiger partial charge on any atom is 0.234 e. The smallest absolute Gasteiger partial charge is 0.234 e. The van der Waals surface area contributed by atoms with Gasteiger partial charge in [-0.3, -0.25) is 0 Å². The zero-order valence-electron chi connectivity index (χ0n) is 7.70. The van der Waals surface area contributed by atoms with Crippen LogP contribution in [0, 0.1) is 11.3 Å². The van der Waals surface area contributed by atoms with Gasteiger partial charge >= 0.3 is 0 Å². The van der Waals surface area contributed by atoms with Crippen LogP contribution in [0.15, 0.2) is 24.4 Å². The van der Waals surface area contributed by atoms with Crippen molar-refractivity contribution in [3.05, 3.63) is 35.0 Å². The van der Waals surface area contributed by atoms with Gasteiger partial charge in [-0.25, -0.2) is 4.98 Å². The summed E-state index contributed by atoms with van der Waals surface area (Å²) < 4.78 is 5.24. The van der Waals surface area contributed by atoms with Crippen molar-refractivity contribution in [2.45, 2.75) is 6.92 Å². The van der Waals surface area contributed by atoms with E-state index >= 15 is 0 Å². The third kappa shape index (κ3) is 2.48. The molecule has 0 aliphatic heterocycles. The summed E-state index contributed by atoms with van der Waals surface area (Å²) in [5.41, 5.74) is 0.372. The van der Waals surface area contributed by atoms with E-state index in [9.17, 15) is 0 Å². The van der Waals surface area contributed by atoms with Crippen molar-refractivity contribution in [2.24, 2.45) is 0 Å². The lowest BCUT2D eigenvalue weighted by Crippen LogP contribution is -1.97. The molecule has 0 spiro atoms. The van der Waals surface area contributed by atoms with Crippen LogP contribution in [0.4, 0.5) is 0 Å². The van der Waals surface area contributed by atoms with Gasteiger partial charge < -0.3 is 4.74 Å². The average Bonchev–Trinajstić information content (AvgIpc) is 2.21. The quantitative estimate of drug-likeness (QED) is 0.718. The number of hydrogen-bond donors (Lipinski definition) is 0. The molecule has 3 nitrogen and oxygen atoms in total. The van der Waals surface area contributed by atoms with E-state index in [2.05, 4.69) is 4.98 Å². The number of rotatable bonds is 3. The van der Waals surface area contributed by atoms with Crippen LogP contribution in [0.2, 0.25) is 5.02 Å². The summed E-state index contributed by atoms with van der Waals surface area (Å²) in [7, 11) is 0. The minimum atomic E-state index is 0.263. The van der Waals surface area contributed by atoms with Gasteiger partial charge in [0, 0.05) is 6.20 Å². The fraction of sp³-hybridized carbons (Fsp3) is 0.200. The van der Waals surface area contributed by atoms with Crippen LogP contribution in [-0.2, 0) is 0 Å². The number of ether oxygens (including phenoxy) is 1. The maximum atomic E-state index is 8.68. The Balaban J connectivity index is 2.83. The molecule has 0 aliphatic carbocycles. The van der Waals surface area contributed by atoms with Crippen molar-refractivity contribution in [2.75, 3.05) is 6.61 Å². The highest BCUT2D eigenvalue weighted by Gasteiger charge is 2.06. The van der Waals surface area contributed by atoms with Gasteiger partial charge in [-0.2, -0.15) is 5.26 Å². The highest BCUT2D eigenvalue weighted by molar-refractivity contribution is 6.32. The summed E-state index contributed by atoms with van der Waals surface area (Å²) in [6, 6.07) is 3.50. The minimum Gasteiger partial charge on any atom is -0.472 e. The molecule has 0 amide bonds. The van der Waals surface area contributed by atoms with Crippen LogP contribution in [0.25, 0.3) is 0 Å².